The quantitative estimate of drug-likeness (QED) is 0.293. The fourth-order valence-electron chi connectivity index (χ4n) is 5.71. The van der Waals surface area contributed by atoms with Crippen molar-refractivity contribution in [2.75, 3.05) is 17.2 Å². The summed E-state index contributed by atoms with van der Waals surface area (Å²) in [7, 11) is 0. The van der Waals surface area contributed by atoms with E-state index in [2.05, 4.69) is 31.7 Å². The molecule has 0 bridgehead atoms. The van der Waals surface area contributed by atoms with Crippen LogP contribution in [0, 0.1) is 17.7 Å². The Labute approximate surface area is 230 Å². The van der Waals surface area contributed by atoms with E-state index in [1.807, 2.05) is 6.07 Å². The number of alkyl halides is 2. The van der Waals surface area contributed by atoms with Crippen LogP contribution in [-0.4, -0.2) is 27.3 Å². The average Bonchev–Trinajstić information content (AvgIpc) is 3.30. The second kappa shape index (κ2) is 11.9. The minimum absolute atomic E-state index is 0.0147. The molecule has 0 amide bonds. The van der Waals surface area contributed by atoms with Gasteiger partial charge in [-0.15, -0.1) is 0 Å². The Morgan fingerprint density at radius 1 is 1.15 bits per heavy atom. The Bertz CT molecular complexity index is 1350. The summed E-state index contributed by atoms with van der Waals surface area (Å²) in [5.41, 5.74) is 2.34. The van der Waals surface area contributed by atoms with Gasteiger partial charge < -0.3 is 10.6 Å². The molecule has 0 fully saturated rings. The predicted molar refractivity (Wildman–Crippen MR) is 145 cm³/mol. The number of benzene rings is 1. The van der Waals surface area contributed by atoms with Crippen LogP contribution in [-0.2, 0) is 24.1 Å². The van der Waals surface area contributed by atoms with Gasteiger partial charge in [0.25, 0.3) is 6.43 Å². The molecule has 1 aromatic carbocycles. The molecule has 2 aliphatic rings. The predicted octanol–water partition coefficient (Wildman–Crippen LogP) is 6.90. The summed E-state index contributed by atoms with van der Waals surface area (Å²) in [6.45, 7) is 2.41. The number of fused-ring (bicyclic) bond motifs is 2. The second-order valence-electron chi connectivity index (χ2n) is 10.4. The monoisotopic (exact) mass is 557 g/mol. The number of carbonyl (C=O) groups is 1. The van der Waals surface area contributed by atoms with Gasteiger partial charge in [0, 0.05) is 36.2 Å². The average molecular weight is 558 g/mol. The molecule has 0 spiro atoms. The Morgan fingerprint density at radius 3 is 2.79 bits per heavy atom. The normalized spacial score (nSPS) is 19.4. The van der Waals surface area contributed by atoms with E-state index < -0.39 is 23.8 Å². The Morgan fingerprint density at radius 2 is 1.97 bits per heavy atom. The lowest BCUT2D eigenvalue weighted by atomic mass is 9.87. The lowest BCUT2D eigenvalue weighted by Gasteiger charge is -2.21. The minimum atomic E-state index is -2.90. The van der Waals surface area contributed by atoms with Gasteiger partial charge in [0.1, 0.15) is 23.2 Å². The van der Waals surface area contributed by atoms with E-state index in [0.29, 0.717) is 25.1 Å². The number of hydrogen-bond acceptors (Lipinski definition) is 6. The topological polar surface area (TPSA) is 79.8 Å². The Kier molecular flexibility index (Phi) is 8.35. The summed E-state index contributed by atoms with van der Waals surface area (Å²) in [4.78, 5) is 26.3. The van der Waals surface area contributed by atoms with E-state index in [1.165, 1.54) is 12.1 Å². The van der Waals surface area contributed by atoms with Crippen LogP contribution in [0.2, 0.25) is 5.28 Å². The summed E-state index contributed by atoms with van der Waals surface area (Å²) in [6, 6.07) is 7.35. The number of nitrogens with one attached hydrogen (secondary N) is 2. The number of Topliss-reactive ketones (excluding diaryl/α,β-unsaturated/α-hetero) is 1. The highest BCUT2D eigenvalue weighted by Crippen LogP contribution is 2.36. The third-order valence-corrected chi connectivity index (χ3v) is 8.02. The van der Waals surface area contributed by atoms with Crippen molar-refractivity contribution in [3.8, 4) is 0 Å². The zero-order valence-electron chi connectivity index (χ0n) is 21.7. The molecular formula is C29H31ClF3N5O. The molecule has 2 N–H and O–H groups in total. The van der Waals surface area contributed by atoms with Gasteiger partial charge >= 0.3 is 0 Å². The fourth-order valence-corrected chi connectivity index (χ4v) is 5.89. The minimum Gasteiger partial charge on any atom is -0.370 e. The van der Waals surface area contributed by atoms with Crippen LogP contribution in [0.4, 0.5) is 24.8 Å². The molecule has 0 saturated heterocycles. The highest BCUT2D eigenvalue weighted by molar-refractivity contribution is 6.28. The molecule has 206 valence electrons. The number of aryl methyl sites for hydroxylation is 1. The molecule has 5 rings (SSSR count). The number of rotatable bonds is 8. The number of anilines is 2. The van der Waals surface area contributed by atoms with E-state index in [4.69, 9.17) is 11.6 Å². The molecule has 10 heteroatoms. The lowest BCUT2D eigenvalue weighted by Crippen LogP contribution is -2.22. The number of hydrogen-bond donors (Lipinski definition) is 2. The van der Waals surface area contributed by atoms with E-state index >= 15 is 0 Å². The van der Waals surface area contributed by atoms with Gasteiger partial charge in [-0.25, -0.2) is 28.1 Å². The van der Waals surface area contributed by atoms with Gasteiger partial charge in [-0.05, 0) is 74.6 Å². The maximum atomic E-state index is 14.7. The SMILES string of the molecule is C[C@@H](Nc1nc(Cl)nc2c1CC(CCC(=O)C1CCNc3ncccc3CC1)C2)c1cccc(C(F)F)c1F. The van der Waals surface area contributed by atoms with Crippen molar-refractivity contribution in [2.24, 2.45) is 11.8 Å². The highest BCUT2D eigenvalue weighted by Gasteiger charge is 2.30. The molecule has 3 aromatic rings. The summed E-state index contributed by atoms with van der Waals surface area (Å²) in [6.07, 6.45) is 3.88. The van der Waals surface area contributed by atoms with E-state index in [9.17, 15) is 18.0 Å². The fraction of sp³-hybridized carbons (Fsp3) is 0.448. The van der Waals surface area contributed by atoms with Gasteiger partial charge in [0.2, 0.25) is 5.28 Å². The highest BCUT2D eigenvalue weighted by atomic mass is 35.5. The number of carbonyl (C=O) groups excluding carboxylic acids is 1. The molecule has 2 aromatic heterocycles. The van der Waals surface area contributed by atoms with Crippen LogP contribution >= 0.6 is 11.6 Å². The molecule has 39 heavy (non-hydrogen) atoms. The molecule has 0 saturated carbocycles. The first-order valence-corrected chi connectivity index (χ1v) is 13.8. The number of pyridine rings is 1. The van der Waals surface area contributed by atoms with Crippen molar-refractivity contribution < 1.29 is 18.0 Å². The van der Waals surface area contributed by atoms with Crippen molar-refractivity contribution in [3.05, 3.63) is 75.6 Å². The molecule has 2 unspecified atom stereocenters. The molecule has 1 aliphatic heterocycles. The molecular weight excluding hydrogens is 527 g/mol. The second-order valence-corrected chi connectivity index (χ2v) is 10.8. The number of halogens is 4. The Balaban J connectivity index is 1.21. The third-order valence-electron chi connectivity index (χ3n) is 7.85. The summed E-state index contributed by atoms with van der Waals surface area (Å²) >= 11 is 6.20. The van der Waals surface area contributed by atoms with Crippen molar-refractivity contribution >= 4 is 29.0 Å². The summed E-state index contributed by atoms with van der Waals surface area (Å²) < 4.78 is 41.1. The number of aromatic nitrogens is 3. The summed E-state index contributed by atoms with van der Waals surface area (Å²) in [5.74, 6) is 0.973. The van der Waals surface area contributed by atoms with Crippen molar-refractivity contribution in [1.29, 1.82) is 0 Å². The largest absolute Gasteiger partial charge is 0.370 e. The van der Waals surface area contributed by atoms with Crippen LogP contribution in [0.1, 0.15) is 73.0 Å². The van der Waals surface area contributed by atoms with Gasteiger partial charge in [-0.1, -0.05) is 24.3 Å². The van der Waals surface area contributed by atoms with Crippen LogP contribution < -0.4 is 10.6 Å². The van der Waals surface area contributed by atoms with Crippen LogP contribution in [0.25, 0.3) is 0 Å². The number of nitrogens with zero attached hydrogens (tertiary/aromatic N) is 3. The molecule has 0 radical (unpaired) electrons. The van der Waals surface area contributed by atoms with E-state index in [1.54, 1.807) is 13.1 Å². The first-order valence-electron chi connectivity index (χ1n) is 13.4. The van der Waals surface area contributed by atoms with Gasteiger partial charge in [0.15, 0.2) is 0 Å². The zero-order chi connectivity index (χ0) is 27.5. The Hall–Kier alpha value is -3.20. The number of ketones is 1. The van der Waals surface area contributed by atoms with Crippen LogP contribution in [0.15, 0.2) is 36.5 Å². The van der Waals surface area contributed by atoms with Crippen LogP contribution in [0.5, 0.6) is 0 Å². The molecule has 1 aliphatic carbocycles. The summed E-state index contributed by atoms with van der Waals surface area (Å²) in [5, 5.41) is 6.58. The van der Waals surface area contributed by atoms with E-state index in [0.717, 1.165) is 60.9 Å². The zero-order valence-corrected chi connectivity index (χ0v) is 22.4. The standard InChI is InChI=1S/C29H31ClF3N5O/c1-16(20-5-2-6-21(25(20)31)26(32)33)36-28-22-14-17(15-23(22)37-29(30)38-28)7-10-24(39)18-8-9-19-4-3-12-34-27(19)35-13-11-18/h2-6,12,16-18,26H,7-11,13-15H2,1H3,(H,34,35)(H,36,37,38)/t16-,17?,18?/m1/s1. The van der Waals surface area contributed by atoms with E-state index in [-0.39, 0.29) is 28.5 Å². The van der Waals surface area contributed by atoms with Crippen molar-refractivity contribution in [3.63, 3.8) is 0 Å². The van der Waals surface area contributed by atoms with Crippen molar-refractivity contribution in [2.45, 2.75) is 64.3 Å². The maximum Gasteiger partial charge on any atom is 0.266 e. The van der Waals surface area contributed by atoms with Gasteiger partial charge in [-0.3, -0.25) is 4.79 Å². The molecule has 3 heterocycles. The first-order chi connectivity index (χ1) is 18.8. The smallest absolute Gasteiger partial charge is 0.266 e. The molecule has 6 nitrogen and oxygen atoms in total. The van der Waals surface area contributed by atoms with Gasteiger partial charge in [-0.2, -0.15) is 0 Å². The van der Waals surface area contributed by atoms with Gasteiger partial charge in [0.05, 0.1) is 17.3 Å². The lowest BCUT2D eigenvalue weighted by molar-refractivity contribution is -0.123. The van der Waals surface area contributed by atoms with Crippen molar-refractivity contribution in [1.82, 2.24) is 15.0 Å². The van der Waals surface area contributed by atoms with Crippen LogP contribution in [0.3, 0.4) is 0 Å². The first kappa shape index (κ1) is 27.4. The maximum absolute atomic E-state index is 14.7. The third kappa shape index (κ3) is 6.19. The molecule has 3 atom stereocenters.